The highest BCUT2D eigenvalue weighted by atomic mass is 19.4. The molecule has 0 spiro atoms. The number of hydrazine groups is 1. The number of aryl methyl sites for hydroxylation is 1. The van der Waals surface area contributed by atoms with E-state index in [0.29, 0.717) is 16.6 Å². The van der Waals surface area contributed by atoms with E-state index in [1.807, 2.05) is 17.6 Å². The molecular weight excluding hydrogens is 399 g/mol. The number of halogens is 3. The van der Waals surface area contributed by atoms with Gasteiger partial charge in [-0.3, -0.25) is 25.4 Å². The molecule has 3 aromatic rings. The lowest BCUT2D eigenvalue weighted by atomic mass is 10.2. The van der Waals surface area contributed by atoms with Gasteiger partial charge in [0.05, 0.1) is 22.7 Å². The summed E-state index contributed by atoms with van der Waals surface area (Å²) in [7, 11) is 0. The fourth-order valence-electron chi connectivity index (χ4n) is 2.74. The van der Waals surface area contributed by atoms with Crippen LogP contribution in [-0.2, 0) is 9.59 Å². The zero-order valence-corrected chi connectivity index (χ0v) is 15.5. The summed E-state index contributed by atoms with van der Waals surface area (Å²) in [5.41, 5.74) is 7.13. The molecule has 30 heavy (non-hydrogen) atoms. The van der Waals surface area contributed by atoms with Gasteiger partial charge >= 0.3 is 12.1 Å². The number of nitriles is 1. The molecular formula is C20H14F3N5O2. The Hall–Kier alpha value is -4.13. The predicted octanol–water partition coefficient (Wildman–Crippen LogP) is 2.93. The molecule has 3 rings (SSSR count). The molecule has 0 saturated heterocycles. The highest BCUT2D eigenvalue weighted by molar-refractivity contribution is 5.94. The standard InChI is InChI=1S/C20H14F3N5O2/c1-12-8-16-17(28(12)15-5-2-13(10-24)3-6-15)9-14(11-25-16)4-7-18(29)26-27-19(30)20(21,22)23/h2-9,11H,1H3,(H,26,29)(H,27,30)/b7-4+. The van der Waals surface area contributed by atoms with E-state index in [2.05, 4.69) is 11.1 Å². The van der Waals surface area contributed by atoms with Crippen LogP contribution >= 0.6 is 0 Å². The number of alkyl halides is 3. The third-order valence-electron chi connectivity index (χ3n) is 4.10. The van der Waals surface area contributed by atoms with E-state index in [1.165, 1.54) is 17.7 Å². The van der Waals surface area contributed by atoms with Gasteiger partial charge in [-0.05, 0) is 55.0 Å². The van der Waals surface area contributed by atoms with Crippen molar-refractivity contribution in [1.29, 1.82) is 5.26 Å². The number of pyridine rings is 1. The zero-order valence-electron chi connectivity index (χ0n) is 15.5. The van der Waals surface area contributed by atoms with E-state index in [0.717, 1.165) is 23.0 Å². The van der Waals surface area contributed by atoms with E-state index in [9.17, 15) is 22.8 Å². The van der Waals surface area contributed by atoms with Crippen LogP contribution in [0, 0.1) is 18.3 Å². The van der Waals surface area contributed by atoms with Gasteiger partial charge in [-0.25, -0.2) is 0 Å². The number of carbonyl (C=O) groups excluding carboxylic acids is 2. The third-order valence-corrected chi connectivity index (χ3v) is 4.10. The van der Waals surface area contributed by atoms with Crippen LogP contribution in [0.3, 0.4) is 0 Å². The average Bonchev–Trinajstić information content (AvgIpc) is 3.04. The summed E-state index contributed by atoms with van der Waals surface area (Å²) in [5.74, 6) is -3.21. The van der Waals surface area contributed by atoms with Gasteiger partial charge in [0.15, 0.2) is 0 Å². The number of nitrogens with zero attached hydrogens (tertiary/aromatic N) is 3. The average molecular weight is 413 g/mol. The maximum absolute atomic E-state index is 12.1. The Bertz CT molecular complexity index is 1190. The Morgan fingerprint density at radius 2 is 1.87 bits per heavy atom. The highest BCUT2D eigenvalue weighted by Crippen LogP contribution is 2.24. The molecule has 2 heterocycles. The molecule has 152 valence electrons. The van der Waals surface area contributed by atoms with Crippen molar-refractivity contribution in [3.05, 3.63) is 65.5 Å². The number of carbonyl (C=O) groups is 2. The second kappa shape index (κ2) is 8.08. The molecule has 2 N–H and O–H groups in total. The van der Waals surface area contributed by atoms with Gasteiger partial charge in [-0.1, -0.05) is 0 Å². The lowest BCUT2D eigenvalue weighted by Crippen LogP contribution is -2.47. The number of aromatic nitrogens is 2. The summed E-state index contributed by atoms with van der Waals surface area (Å²) in [6.45, 7) is 1.90. The highest BCUT2D eigenvalue weighted by Gasteiger charge is 2.38. The second-order valence-electron chi connectivity index (χ2n) is 6.23. The zero-order chi connectivity index (χ0) is 21.9. The first-order valence-electron chi connectivity index (χ1n) is 8.53. The molecule has 0 fully saturated rings. The molecule has 7 nitrogen and oxygen atoms in total. The van der Waals surface area contributed by atoms with E-state index < -0.39 is 18.0 Å². The fourth-order valence-corrected chi connectivity index (χ4v) is 2.74. The summed E-state index contributed by atoms with van der Waals surface area (Å²) in [6.07, 6.45) is -1.27. The van der Waals surface area contributed by atoms with Gasteiger partial charge < -0.3 is 4.57 Å². The van der Waals surface area contributed by atoms with E-state index >= 15 is 0 Å². The van der Waals surface area contributed by atoms with Gasteiger partial charge in [-0.15, -0.1) is 0 Å². The van der Waals surface area contributed by atoms with Gasteiger partial charge in [0, 0.05) is 23.7 Å². The van der Waals surface area contributed by atoms with Crippen LogP contribution in [0.15, 0.2) is 48.7 Å². The summed E-state index contributed by atoms with van der Waals surface area (Å²) in [6, 6.07) is 12.7. The minimum absolute atomic E-state index is 0.521. The summed E-state index contributed by atoms with van der Waals surface area (Å²) in [5, 5.41) is 8.95. The molecule has 0 unspecified atom stereocenters. The number of hydrogen-bond acceptors (Lipinski definition) is 4. The number of fused-ring (bicyclic) bond motifs is 1. The third kappa shape index (κ3) is 4.47. The number of benzene rings is 1. The summed E-state index contributed by atoms with van der Waals surface area (Å²) >= 11 is 0. The van der Waals surface area contributed by atoms with Gasteiger partial charge in [0.1, 0.15) is 0 Å². The Morgan fingerprint density at radius 3 is 2.50 bits per heavy atom. The smallest absolute Gasteiger partial charge is 0.312 e. The summed E-state index contributed by atoms with van der Waals surface area (Å²) in [4.78, 5) is 26.7. The molecule has 10 heteroatoms. The summed E-state index contributed by atoms with van der Waals surface area (Å²) < 4.78 is 38.3. The van der Waals surface area contributed by atoms with Crippen LogP contribution in [-0.4, -0.2) is 27.5 Å². The van der Waals surface area contributed by atoms with Gasteiger partial charge in [-0.2, -0.15) is 18.4 Å². The molecule has 1 aromatic carbocycles. The Kier molecular flexibility index (Phi) is 5.55. The molecule has 0 aliphatic carbocycles. The van der Waals surface area contributed by atoms with Crippen molar-refractivity contribution in [3.63, 3.8) is 0 Å². The fraction of sp³-hybridized carbons (Fsp3) is 0.100. The van der Waals surface area contributed by atoms with Crippen LogP contribution in [0.1, 0.15) is 16.8 Å². The maximum atomic E-state index is 12.1. The first kappa shape index (κ1) is 20.6. The normalized spacial score (nSPS) is 11.4. The quantitative estimate of drug-likeness (QED) is 0.509. The molecule has 0 bridgehead atoms. The Morgan fingerprint density at radius 1 is 1.17 bits per heavy atom. The number of amides is 2. The van der Waals surface area contributed by atoms with Crippen LogP contribution in [0.4, 0.5) is 13.2 Å². The SMILES string of the molecule is Cc1cc2ncc(/C=C/C(=O)NNC(=O)C(F)(F)F)cc2n1-c1ccc(C#N)cc1. The minimum atomic E-state index is -5.10. The topological polar surface area (TPSA) is 99.8 Å². The molecule has 2 aromatic heterocycles. The second-order valence-corrected chi connectivity index (χ2v) is 6.23. The van der Waals surface area contributed by atoms with Crippen molar-refractivity contribution in [1.82, 2.24) is 20.4 Å². The van der Waals surface area contributed by atoms with Crippen LogP contribution in [0.5, 0.6) is 0 Å². The number of hydrogen-bond donors (Lipinski definition) is 2. The van der Waals surface area contributed by atoms with Crippen LogP contribution in [0.2, 0.25) is 0 Å². The van der Waals surface area contributed by atoms with Gasteiger partial charge in [0.2, 0.25) is 0 Å². The van der Waals surface area contributed by atoms with Crippen LogP contribution in [0.25, 0.3) is 22.8 Å². The maximum Gasteiger partial charge on any atom is 0.472 e. The van der Waals surface area contributed by atoms with Crippen molar-refractivity contribution in [3.8, 4) is 11.8 Å². The molecule has 0 aliphatic heterocycles. The molecule has 2 amide bonds. The van der Waals surface area contributed by atoms with Crippen molar-refractivity contribution in [2.45, 2.75) is 13.1 Å². The van der Waals surface area contributed by atoms with Crippen molar-refractivity contribution in [2.24, 2.45) is 0 Å². The monoisotopic (exact) mass is 413 g/mol. The molecule has 0 atom stereocenters. The number of nitrogens with one attached hydrogen (secondary N) is 2. The largest absolute Gasteiger partial charge is 0.472 e. The lowest BCUT2D eigenvalue weighted by molar-refractivity contribution is -0.175. The first-order chi connectivity index (χ1) is 14.2. The molecule has 0 saturated carbocycles. The first-order valence-corrected chi connectivity index (χ1v) is 8.53. The van der Waals surface area contributed by atoms with E-state index in [1.54, 1.807) is 35.8 Å². The minimum Gasteiger partial charge on any atom is -0.312 e. The Labute approximate surface area is 168 Å². The van der Waals surface area contributed by atoms with Crippen LogP contribution < -0.4 is 10.9 Å². The van der Waals surface area contributed by atoms with E-state index in [-0.39, 0.29) is 0 Å². The lowest BCUT2D eigenvalue weighted by Gasteiger charge is -2.09. The molecule has 0 radical (unpaired) electrons. The molecule has 0 aliphatic rings. The van der Waals surface area contributed by atoms with Gasteiger partial charge in [0.25, 0.3) is 5.91 Å². The van der Waals surface area contributed by atoms with Crippen molar-refractivity contribution in [2.75, 3.05) is 0 Å². The van der Waals surface area contributed by atoms with Crippen molar-refractivity contribution >= 4 is 28.9 Å². The van der Waals surface area contributed by atoms with Crippen molar-refractivity contribution < 1.29 is 22.8 Å². The Balaban J connectivity index is 1.82. The van der Waals surface area contributed by atoms with E-state index in [4.69, 9.17) is 5.26 Å². The number of rotatable bonds is 3. The predicted molar refractivity (Wildman–Crippen MR) is 102 cm³/mol.